The maximum absolute atomic E-state index is 7.04. The molecule has 0 spiro atoms. The van der Waals surface area contributed by atoms with Crippen molar-refractivity contribution in [3.8, 4) is 22.3 Å². The van der Waals surface area contributed by atoms with Gasteiger partial charge in [0.15, 0.2) is 5.84 Å². The van der Waals surface area contributed by atoms with Gasteiger partial charge in [0.25, 0.3) is 0 Å². The number of fused-ring (bicyclic) bond motifs is 7. The Hall–Kier alpha value is -7.24. The molecule has 0 fully saturated rings. The fourth-order valence-electron chi connectivity index (χ4n) is 7.53. The predicted octanol–water partition coefficient (Wildman–Crippen LogP) is 12.3. The summed E-state index contributed by atoms with van der Waals surface area (Å²) in [4.78, 5) is 10.2. The fraction of sp³-hybridized carbons (Fsp3) is 0.0204. The molecule has 0 aliphatic rings. The van der Waals surface area contributed by atoms with E-state index in [-0.39, 0.29) is 0 Å². The summed E-state index contributed by atoms with van der Waals surface area (Å²) >= 11 is 0. The molecule has 0 aliphatic heterocycles. The van der Waals surface area contributed by atoms with Gasteiger partial charge in [-0.2, -0.15) is 0 Å². The second kappa shape index (κ2) is 13.1. The molecule has 10 rings (SSSR count). The predicted molar refractivity (Wildman–Crippen MR) is 223 cm³/mol. The summed E-state index contributed by atoms with van der Waals surface area (Å²) in [6, 6.07) is 60.2. The maximum Gasteiger partial charge on any atom is 0.157 e. The van der Waals surface area contributed by atoms with Gasteiger partial charge >= 0.3 is 0 Å². The Labute approximate surface area is 311 Å². The summed E-state index contributed by atoms with van der Waals surface area (Å²) in [6.07, 6.45) is 0. The number of furan rings is 2. The van der Waals surface area contributed by atoms with Crippen LogP contribution in [0.1, 0.15) is 16.7 Å². The first-order valence-corrected chi connectivity index (χ1v) is 18.0. The highest BCUT2D eigenvalue weighted by atomic mass is 16.3. The van der Waals surface area contributed by atoms with Crippen molar-refractivity contribution in [2.24, 2.45) is 15.7 Å². The van der Waals surface area contributed by atoms with E-state index in [1.165, 1.54) is 10.8 Å². The zero-order valence-electron chi connectivity index (χ0n) is 29.2. The lowest BCUT2D eigenvalue weighted by molar-refractivity contribution is 0.669. The molecule has 5 nitrogen and oxygen atoms in total. The van der Waals surface area contributed by atoms with Crippen LogP contribution in [0.25, 0.3) is 76.9 Å². The Morgan fingerprint density at radius 3 is 2.02 bits per heavy atom. The number of nitrogens with two attached hydrogens (primary N) is 1. The van der Waals surface area contributed by atoms with E-state index in [2.05, 4.69) is 103 Å². The average molecular weight is 696 g/mol. The SMILES string of the molecule is NC(=NC(=NCc1ccc2ccccc2c1)c1ccc(-c2ccccc2)cc1)c1cccc2oc3cccc(-c4ccc5oc6ccccc6c5c4)c3c12. The van der Waals surface area contributed by atoms with E-state index in [0.717, 1.165) is 82.8 Å². The number of hydrogen-bond acceptors (Lipinski definition) is 3. The molecule has 0 bridgehead atoms. The number of aliphatic imine (C=N–C) groups is 2. The third-order valence-electron chi connectivity index (χ3n) is 10.2. The molecule has 0 unspecified atom stereocenters. The van der Waals surface area contributed by atoms with Gasteiger partial charge in [0.2, 0.25) is 0 Å². The molecule has 0 aliphatic carbocycles. The monoisotopic (exact) mass is 695 g/mol. The Balaban J connectivity index is 1.10. The Morgan fingerprint density at radius 2 is 1.15 bits per heavy atom. The van der Waals surface area contributed by atoms with Crippen LogP contribution in [0.15, 0.2) is 195 Å². The molecule has 2 aromatic heterocycles. The molecule has 54 heavy (non-hydrogen) atoms. The maximum atomic E-state index is 7.04. The normalized spacial score (nSPS) is 12.4. The van der Waals surface area contributed by atoms with Crippen molar-refractivity contribution in [3.05, 3.63) is 193 Å². The standard InChI is InChI=1S/C49H33N3O2/c50-48(52-49(35-24-22-34(23-25-35)32-10-2-1-3-11-32)51-30-31-20-21-33-12-4-5-13-36(33)28-31)40-16-9-19-45-47(40)46-38(15-8-18-44(46)54-45)37-26-27-43-41(29-37)39-14-6-7-17-42(39)53-43/h1-29H,30H2,(H2,50,51,52). The van der Waals surface area contributed by atoms with Crippen molar-refractivity contribution in [3.63, 3.8) is 0 Å². The number of benzene rings is 8. The van der Waals surface area contributed by atoms with E-state index >= 15 is 0 Å². The van der Waals surface area contributed by atoms with Crippen molar-refractivity contribution >= 4 is 66.3 Å². The second-order valence-electron chi connectivity index (χ2n) is 13.5. The Kier molecular flexibility index (Phi) is 7.62. The first kappa shape index (κ1) is 31.5. The molecule has 256 valence electrons. The van der Waals surface area contributed by atoms with Crippen LogP contribution in [0.3, 0.4) is 0 Å². The van der Waals surface area contributed by atoms with Crippen molar-refractivity contribution in [1.82, 2.24) is 0 Å². The van der Waals surface area contributed by atoms with Gasteiger partial charge in [0.05, 0.1) is 6.54 Å². The lowest BCUT2D eigenvalue weighted by Gasteiger charge is -2.09. The minimum atomic E-state index is 0.360. The van der Waals surface area contributed by atoms with Crippen LogP contribution in [0.4, 0.5) is 0 Å². The fourth-order valence-corrected chi connectivity index (χ4v) is 7.53. The molecule has 0 radical (unpaired) electrons. The Morgan fingerprint density at radius 1 is 0.481 bits per heavy atom. The Bertz CT molecular complexity index is 3080. The molecule has 0 atom stereocenters. The van der Waals surface area contributed by atoms with E-state index in [0.29, 0.717) is 18.2 Å². The molecule has 0 saturated heterocycles. The highest BCUT2D eigenvalue weighted by Gasteiger charge is 2.19. The largest absolute Gasteiger partial charge is 0.456 e. The zero-order valence-corrected chi connectivity index (χ0v) is 29.2. The van der Waals surface area contributed by atoms with Gasteiger partial charge in [-0.3, -0.25) is 4.99 Å². The summed E-state index contributed by atoms with van der Waals surface area (Å²) < 4.78 is 12.6. The molecular formula is C49H33N3O2. The molecule has 10 aromatic rings. The summed E-state index contributed by atoms with van der Waals surface area (Å²) in [5, 5.41) is 6.42. The van der Waals surface area contributed by atoms with Gasteiger partial charge in [-0.1, -0.05) is 140 Å². The van der Waals surface area contributed by atoms with Gasteiger partial charge in [0.1, 0.15) is 28.2 Å². The van der Waals surface area contributed by atoms with Crippen LogP contribution in [0.2, 0.25) is 0 Å². The van der Waals surface area contributed by atoms with E-state index in [1.807, 2.05) is 72.8 Å². The minimum absolute atomic E-state index is 0.360. The summed E-state index contributed by atoms with van der Waals surface area (Å²) in [6.45, 7) is 0.450. The molecule has 2 N–H and O–H groups in total. The first-order valence-electron chi connectivity index (χ1n) is 18.0. The number of para-hydroxylation sites is 1. The van der Waals surface area contributed by atoms with Crippen molar-refractivity contribution in [2.45, 2.75) is 6.54 Å². The van der Waals surface area contributed by atoms with Crippen molar-refractivity contribution in [2.75, 3.05) is 0 Å². The quantitative estimate of drug-likeness (QED) is 0.139. The second-order valence-corrected chi connectivity index (χ2v) is 13.5. The molecule has 8 aromatic carbocycles. The highest BCUT2D eigenvalue weighted by Crippen LogP contribution is 2.40. The van der Waals surface area contributed by atoms with Gasteiger partial charge in [-0.05, 0) is 75.0 Å². The molecule has 0 amide bonds. The summed E-state index contributed by atoms with van der Waals surface area (Å²) in [7, 11) is 0. The third kappa shape index (κ3) is 5.60. The minimum Gasteiger partial charge on any atom is -0.456 e. The number of hydrogen-bond donors (Lipinski definition) is 1. The molecule has 0 saturated carbocycles. The van der Waals surface area contributed by atoms with Gasteiger partial charge < -0.3 is 14.6 Å². The van der Waals surface area contributed by atoms with E-state index in [9.17, 15) is 0 Å². The van der Waals surface area contributed by atoms with Crippen LogP contribution < -0.4 is 5.73 Å². The van der Waals surface area contributed by atoms with Crippen LogP contribution in [-0.2, 0) is 6.54 Å². The summed E-state index contributed by atoms with van der Waals surface area (Å²) in [5.41, 5.74) is 17.4. The van der Waals surface area contributed by atoms with Crippen LogP contribution >= 0.6 is 0 Å². The lowest BCUT2D eigenvalue weighted by atomic mass is 9.96. The number of nitrogens with zero attached hydrogens (tertiary/aromatic N) is 2. The average Bonchev–Trinajstić information content (AvgIpc) is 3.81. The summed E-state index contributed by atoms with van der Waals surface area (Å²) in [5.74, 6) is 0.918. The van der Waals surface area contributed by atoms with E-state index in [1.54, 1.807) is 0 Å². The molecule has 5 heteroatoms. The van der Waals surface area contributed by atoms with Gasteiger partial charge in [-0.15, -0.1) is 0 Å². The van der Waals surface area contributed by atoms with E-state index < -0.39 is 0 Å². The smallest absolute Gasteiger partial charge is 0.157 e. The number of rotatable bonds is 6. The zero-order chi connectivity index (χ0) is 36.0. The van der Waals surface area contributed by atoms with Crippen LogP contribution in [0, 0.1) is 0 Å². The van der Waals surface area contributed by atoms with Gasteiger partial charge in [-0.25, -0.2) is 4.99 Å². The number of amidine groups is 2. The van der Waals surface area contributed by atoms with Crippen molar-refractivity contribution < 1.29 is 8.83 Å². The topological polar surface area (TPSA) is 77.0 Å². The van der Waals surface area contributed by atoms with Crippen LogP contribution in [0.5, 0.6) is 0 Å². The van der Waals surface area contributed by atoms with Gasteiger partial charge in [0, 0.05) is 32.7 Å². The third-order valence-corrected chi connectivity index (χ3v) is 10.2. The van der Waals surface area contributed by atoms with E-state index in [4.69, 9.17) is 24.6 Å². The first-order chi connectivity index (χ1) is 26.7. The lowest BCUT2D eigenvalue weighted by Crippen LogP contribution is -2.17. The highest BCUT2D eigenvalue weighted by molar-refractivity contribution is 6.23. The molecular weight excluding hydrogens is 663 g/mol. The van der Waals surface area contributed by atoms with Crippen molar-refractivity contribution in [1.29, 1.82) is 0 Å². The van der Waals surface area contributed by atoms with Crippen LogP contribution in [-0.4, -0.2) is 11.7 Å². The molecule has 2 heterocycles.